The van der Waals surface area contributed by atoms with E-state index in [1.54, 1.807) is 11.8 Å². The zero-order chi connectivity index (χ0) is 13.2. The van der Waals surface area contributed by atoms with E-state index in [9.17, 15) is 14.7 Å². The molecule has 2 fully saturated rings. The van der Waals surface area contributed by atoms with Crippen LogP contribution in [0.2, 0.25) is 0 Å². The predicted octanol–water partition coefficient (Wildman–Crippen LogP) is 0.205. The molecule has 0 bridgehead atoms. The van der Waals surface area contributed by atoms with Crippen molar-refractivity contribution in [1.29, 1.82) is 0 Å². The molecule has 0 radical (unpaired) electrons. The Hall–Kier alpha value is -0.950. The third-order valence-electron chi connectivity index (χ3n) is 3.43. The first-order chi connectivity index (χ1) is 8.56. The monoisotopic (exact) mass is 274 g/mol. The predicted molar refractivity (Wildman–Crippen MR) is 67.1 cm³/mol. The molecule has 0 aromatic rings. The molecular formula is C11H18N2O4S. The van der Waals surface area contributed by atoms with Gasteiger partial charge in [0, 0.05) is 12.2 Å². The number of esters is 1. The lowest BCUT2D eigenvalue weighted by Crippen LogP contribution is -2.53. The van der Waals surface area contributed by atoms with Gasteiger partial charge in [0.1, 0.15) is 0 Å². The number of amides is 2. The lowest BCUT2D eigenvalue weighted by atomic mass is 9.99. The summed E-state index contributed by atoms with van der Waals surface area (Å²) in [6.45, 7) is 0. The van der Waals surface area contributed by atoms with Crippen LogP contribution in [0.3, 0.4) is 0 Å². The van der Waals surface area contributed by atoms with Crippen molar-refractivity contribution in [3.63, 3.8) is 0 Å². The van der Waals surface area contributed by atoms with Gasteiger partial charge in [0.05, 0.1) is 18.4 Å². The van der Waals surface area contributed by atoms with E-state index in [2.05, 4.69) is 15.4 Å². The Morgan fingerprint density at radius 2 is 2.39 bits per heavy atom. The molecule has 2 saturated heterocycles. The molecule has 0 aromatic carbocycles. The Bertz CT molecular complexity index is 352. The number of hydrogen-bond acceptors (Lipinski definition) is 5. The van der Waals surface area contributed by atoms with E-state index in [1.165, 1.54) is 7.11 Å². The van der Waals surface area contributed by atoms with Crippen molar-refractivity contribution in [3.8, 4) is 0 Å². The number of hydrogen-bond donors (Lipinski definition) is 3. The van der Waals surface area contributed by atoms with E-state index in [0.717, 1.165) is 25.0 Å². The highest BCUT2D eigenvalue weighted by Crippen LogP contribution is 2.39. The van der Waals surface area contributed by atoms with Gasteiger partial charge in [-0.3, -0.25) is 4.79 Å². The summed E-state index contributed by atoms with van der Waals surface area (Å²) < 4.78 is 4.56. The van der Waals surface area contributed by atoms with Crippen molar-refractivity contribution in [2.75, 3.05) is 12.9 Å². The minimum absolute atomic E-state index is 0.0147. The summed E-state index contributed by atoms with van der Waals surface area (Å²) in [6.07, 6.45) is 2.75. The molecule has 0 aromatic heterocycles. The summed E-state index contributed by atoms with van der Waals surface area (Å²) in [7, 11) is 1.38. The van der Waals surface area contributed by atoms with Crippen molar-refractivity contribution in [1.82, 2.24) is 10.6 Å². The fourth-order valence-corrected chi connectivity index (χ4v) is 3.96. The standard InChI is InChI=1S/C11H18N2O4S/c1-17-9(14)5-3-2-4-8-11(16)7(6-18-8)12-10(15)13-11/h7-8,16H,2-6H2,1H3,(H2,12,13,15)/t7?,8-,11-/m1/s1. The van der Waals surface area contributed by atoms with Crippen molar-refractivity contribution >= 4 is 23.8 Å². The topological polar surface area (TPSA) is 87.7 Å². The second-order valence-corrected chi connectivity index (χ2v) is 5.86. The highest BCUT2D eigenvalue weighted by atomic mass is 32.2. The molecule has 2 amide bonds. The van der Waals surface area contributed by atoms with Crippen molar-refractivity contribution < 1.29 is 19.4 Å². The highest BCUT2D eigenvalue weighted by molar-refractivity contribution is 8.00. The average molecular weight is 274 g/mol. The summed E-state index contributed by atoms with van der Waals surface area (Å²) in [5.41, 5.74) is -1.13. The van der Waals surface area contributed by atoms with E-state index < -0.39 is 5.72 Å². The molecule has 3 N–H and O–H groups in total. The van der Waals surface area contributed by atoms with Gasteiger partial charge in [0.15, 0.2) is 5.72 Å². The fraction of sp³-hybridized carbons (Fsp3) is 0.818. The van der Waals surface area contributed by atoms with Crippen LogP contribution in [0.15, 0.2) is 0 Å². The Balaban J connectivity index is 1.77. The van der Waals surface area contributed by atoms with Crippen molar-refractivity contribution in [2.45, 2.75) is 42.7 Å². The van der Waals surface area contributed by atoms with Crippen LogP contribution in [0, 0.1) is 0 Å². The number of fused-ring (bicyclic) bond motifs is 1. The first-order valence-corrected chi connectivity index (χ1v) is 7.10. The summed E-state index contributed by atoms with van der Waals surface area (Å²) in [6, 6.07) is -0.511. The molecule has 2 heterocycles. The molecule has 1 unspecified atom stereocenters. The molecule has 0 spiro atoms. The third kappa shape index (κ3) is 2.56. The number of aliphatic hydroxyl groups is 1. The van der Waals surface area contributed by atoms with Crippen molar-refractivity contribution in [3.05, 3.63) is 0 Å². The van der Waals surface area contributed by atoms with Crippen LogP contribution in [0.4, 0.5) is 4.79 Å². The van der Waals surface area contributed by atoms with Gasteiger partial charge in [-0.2, -0.15) is 11.8 Å². The van der Waals surface area contributed by atoms with Gasteiger partial charge < -0.3 is 20.5 Å². The highest BCUT2D eigenvalue weighted by Gasteiger charge is 2.55. The van der Waals surface area contributed by atoms with Crippen LogP contribution in [0.1, 0.15) is 25.7 Å². The number of thioether (sulfide) groups is 1. The molecular weight excluding hydrogens is 256 g/mol. The summed E-state index contributed by atoms with van der Waals surface area (Å²) in [5, 5.41) is 15.7. The van der Waals surface area contributed by atoms with Gasteiger partial charge in [0.2, 0.25) is 0 Å². The smallest absolute Gasteiger partial charge is 0.317 e. The zero-order valence-corrected chi connectivity index (χ0v) is 11.1. The second kappa shape index (κ2) is 5.36. The van der Waals surface area contributed by atoms with E-state index in [0.29, 0.717) is 6.42 Å². The van der Waals surface area contributed by atoms with Gasteiger partial charge in [-0.15, -0.1) is 0 Å². The number of carbonyl (C=O) groups is 2. The van der Waals surface area contributed by atoms with Gasteiger partial charge in [-0.25, -0.2) is 4.79 Å². The molecule has 0 aliphatic carbocycles. The normalized spacial score (nSPS) is 33.8. The SMILES string of the molecule is COC(=O)CCCC[C@H]1SCC2NC(=O)N[C@@]21O. The number of nitrogens with one attached hydrogen (secondary N) is 2. The van der Waals surface area contributed by atoms with E-state index in [4.69, 9.17) is 0 Å². The Labute approximate surface area is 110 Å². The molecule has 102 valence electrons. The van der Waals surface area contributed by atoms with Crippen LogP contribution < -0.4 is 10.6 Å². The van der Waals surface area contributed by atoms with Gasteiger partial charge in [-0.1, -0.05) is 6.42 Å². The lowest BCUT2D eigenvalue weighted by molar-refractivity contribution is -0.140. The molecule has 6 nitrogen and oxygen atoms in total. The summed E-state index contributed by atoms with van der Waals surface area (Å²) >= 11 is 1.66. The molecule has 2 aliphatic heterocycles. The molecule has 2 rings (SSSR count). The van der Waals surface area contributed by atoms with Crippen LogP contribution in [-0.4, -0.2) is 47.0 Å². The number of ether oxygens (including phenoxy) is 1. The maximum atomic E-state index is 11.2. The van der Waals surface area contributed by atoms with E-state index >= 15 is 0 Å². The second-order valence-electron chi connectivity index (χ2n) is 4.62. The van der Waals surface area contributed by atoms with Gasteiger partial charge >= 0.3 is 12.0 Å². The number of unbranched alkanes of at least 4 members (excludes halogenated alkanes) is 1. The van der Waals surface area contributed by atoms with Crippen molar-refractivity contribution in [2.24, 2.45) is 0 Å². The number of methoxy groups -OCH3 is 1. The lowest BCUT2D eigenvalue weighted by Gasteiger charge is -2.27. The zero-order valence-electron chi connectivity index (χ0n) is 10.3. The molecule has 2 aliphatic rings. The third-order valence-corrected chi connectivity index (χ3v) is 4.95. The molecule has 18 heavy (non-hydrogen) atoms. The Morgan fingerprint density at radius 1 is 1.61 bits per heavy atom. The maximum Gasteiger partial charge on any atom is 0.317 e. The van der Waals surface area contributed by atoms with E-state index in [1.807, 2.05) is 0 Å². The largest absolute Gasteiger partial charge is 0.469 e. The van der Waals surface area contributed by atoms with Crippen LogP contribution in [0.5, 0.6) is 0 Å². The minimum Gasteiger partial charge on any atom is -0.469 e. The van der Waals surface area contributed by atoms with E-state index in [-0.39, 0.29) is 23.3 Å². The van der Waals surface area contributed by atoms with Crippen LogP contribution in [0.25, 0.3) is 0 Å². The van der Waals surface area contributed by atoms with Gasteiger partial charge in [-0.05, 0) is 12.8 Å². The Kier molecular flexibility index (Phi) is 4.01. The average Bonchev–Trinajstić information content (AvgIpc) is 2.77. The number of urea groups is 1. The maximum absolute atomic E-state index is 11.2. The van der Waals surface area contributed by atoms with Crippen LogP contribution in [-0.2, 0) is 9.53 Å². The molecule has 3 atom stereocenters. The van der Waals surface area contributed by atoms with Crippen LogP contribution >= 0.6 is 11.8 Å². The molecule has 0 saturated carbocycles. The summed E-state index contributed by atoms with van der Waals surface area (Å²) in [5.74, 6) is 0.512. The first kappa shape index (κ1) is 13.5. The van der Waals surface area contributed by atoms with Gasteiger partial charge in [0.25, 0.3) is 0 Å². The number of rotatable bonds is 5. The Morgan fingerprint density at radius 3 is 3.11 bits per heavy atom. The quantitative estimate of drug-likeness (QED) is 0.379. The summed E-state index contributed by atoms with van der Waals surface area (Å²) in [4.78, 5) is 22.2. The molecule has 7 heteroatoms. The number of carbonyl (C=O) groups excluding carboxylic acids is 2. The fourth-order valence-electron chi connectivity index (χ4n) is 2.39. The minimum atomic E-state index is -1.13. The first-order valence-electron chi connectivity index (χ1n) is 6.05.